The number of likely N-dealkylation sites (tertiary alicyclic amines) is 1. The zero-order valence-electron chi connectivity index (χ0n) is 13.7. The number of anilines is 1. The first kappa shape index (κ1) is 18.4. The Morgan fingerprint density at radius 1 is 1.23 bits per heavy atom. The van der Waals surface area contributed by atoms with Gasteiger partial charge in [0.1, 0.15) is 6.10 Å². The molecule has 26 heavy (non-hydrogen) atoms. The third kappa shape index (κ3) is 3.43. The lowest BCUT2D eigenvalue weighted by Gasteiger charge is -2.41. The van der Waals surface area contributed by atoms with Gasteiger partial charge in [-0.25, -0.2) is 9.97 Å². The molecule has 0 saturated carbocycles. The largest absolute Gasteiger partial charge is 0.419 e. The van der Waals surface area contributed by atoms with Crippen LogP contribution >= 0.6 is 0 Å². The van der Waals surface area contributed by atoms with Crippen molar-refractivity contribution in [2.24, 2.45) is 11.7 Å². The maximum absolute atomic E-state index is 12.6. The zero-order chi connectivity index (χ0) is 19.1. The number of halogens is 3. The van der Waals surface area contributed by atoms with Crippen molar-refractivity contribution in [3.63, 3.8) is 0 Å². The van der Waals surface area contributed by atoms with Gasteiger partial charge in [-0.1, -0.05) is 0 Å². The second kappa shape index (κ2) is 6.71. The van der Waals surface area contributed by atoms with E-state index in [0.29, 0.717) is 38.3 Å². The number of primary amides is 1. The molecule has 2 aliphatic heterocycles. The number of carbonyl (C=O) groups is 2. The molecule has 2 saturated heterocycles. The van der Waals surface area contributed by atoms with Crippen LogP contribution in [-0.2, 0) is 15.8 Å². The van der Waals surface area contributed by atoms with E-state index in [1.54, 1.807) is 4.90 Å². The van der Waals surface area contributed by atoms with Crippen LogP contribution in [0.2, 0.25) is 0 Å². The van der Waals surface area contributed by atoms with E-state index in [-0.39, 0.29) is 12.5 Å². The number of nitrogens with zero attached hydrogens (tertiary/aromatic N) is 4. The van der Waals surface area contributed by atoms with E-state index in [9.17, 15) is 27.9 Å². The quantitative estimate of drug-likeness (QED) is 0.757. The summed E-state index contributed by atoms with van der Waals surface area (Å²) in [6.45, 7) is 0.774. The molecule has 1 aromatic rings. The molecule has 3 N–H and O–H groups in total. The van der Waals surface area contributed by atoms with Crippen LogP contribution in [0.25, 0.3) is 0 Å². The van der Waals surface area contributed by atoms with Gasteiger partial charge in [-0.15, -0.1) is 0 Å². The Bertz CT molecular complexity index is 697. The minimum atomic E-state index is -4.53. The summed E-state index contributed by atoms with van der Waals surface area (Å²) in [5.74, 6) is -1.72. The van der Waals surface area contributed by atoms with E-state index in [0.717, 1.165) is 0 Å². The van der Waals surface area contributed by atoms with Gasteiger partial charge in [0.15, 0.2) is 0 Å². The first-order valence-electron chi connectivity index (χ1n) is 8.10. The van der Waals surface area contributed by atoms with Crippen molar-refractivity contribution in [2.75, 3.05) is 24.5 Å². The summed E-state index contributed by atoms with van der Waals surface area (Å²) in [5, 5.41) is 9.62. The van der Waals surface area contributed by atoms with Crippen molar-refractivity contribution < 1.29 is 27.9 Å². The second-order valence-electron chi connectivity index (χ2n) is 6.42. The highest BCUT2D eigenvalue weighted by Gasteiger charge is 2.43. The maximum atomic E-state index is 12.6. The van der Waals surface area contributed by atoms with Crippen LogP contribution in [0.15, 0.2) is 12.4 Å². The summed E-state index contributed by atoms with van der Waals surface area (Å²) in [5.41, 5.74) is 4.51. The molecule has 142 valence electrons. The van der Waals surface area contributed by atoms with Gasteiger partial charge >= 0.3 is 6.18 Å². The lowest BCUT2D eigenvalue weighted by atomic mass is 9.90. The summed E-state index contributed by atoms with van der Waals surface area (Å²) < 4.78 is 37.8. The molecule has 2 amide bonds. The summed E-state index contributed by atoms with van der Waals surface area (Å²) in [6, 6.07) is -0.456. The highest BCUT2D eigenvalue weighted by atomic mass is 19.4. The van der Waals surface area contributed by atoms with Gasteiger partial charge in [0.05, 0.1) is 11.5 Å². The number of hydrogen-bond donors (Lipinski definition) is 2. The Morgan fingerprint density at radius 2 is 1.88 bits per heavy atom. The highest BCUT2D eigenvalue weighted by Crippen LogP contribution is 2.30. The van der Waals surface area contributed by atoms with Gasteiger partial charge in [0, 0.05) is 38.1 Å². The van der Waals surface area contributed by atoms with Crippen LogP contribution in [0, 0.1) is 5.92 Å². The van der Waals surface area contributed by atoms with Crippen molar-refractivity contribution in [3.8, 4) is 0 Å². The number of piperidine rings is 1. The SMILES string of the molecule is NC(=O)C1CN(c2ncc(C(F)(F)F)cn2)CCC1N1CCC(O)C1=O. The second-order valence-corrected chi connectivity index (χ2v) is 6.42. The molecule has 3 atom stereocenters. The number of aromatic nitrogens is 2. The third-order valence-electron chi connectivity index (χ3n) is 4.80. The fraction of sp³-hybridized carbons (Fsp3) is 0.600. The normalized spacial score (nSPS) is 27.1. The minimum absolute atomic E-state index is 0.0653. The highest BCUT2D eigenvalue weighted by molar-refractivity contribution is 5.85. The molecule has 0 aromatic carbocycles. The van der Waals surface area contributed by atoms with Crippen LogP contribution in [0.3, 0.4) is 0 Å². The van der Waals surface area contributed by atoms with E-state index >= 15 is 0 Å². The van der Waals surface area contributed by atoms with Gasteiger partial charge in [0.25, 0.3) is 5.91 Å². The predicted molar refractivity (Wildman–Crippen MR) is 82.7 cm³/mol. The molecule has 8 nitrogen and oxygen atoms in total. The lowest BCUT2D eigenvalue weighted by Crippen LogP contribution is -2.56. The Kier molecular flexibility index (Phi) is 4.74. The molecule has 0 bridgehead atoms. The van der Waals surface area contributed by atoms with E-state index in [4.69, 9.17) is 5.73 Å². The summed E-state index contributed by atoms with van der Waals surface area (Å²) in [4.78, 5) is 34.4. The Hall–Kier alpha value is -2.43. The molecule has 3 unspecified atom stereocenters. The molecule has 2 fully saturated rings. The smallest absolute Gasteiger partial charge is 0.383 e. The lowest BCUT2D eigenvalue weighted by molar-refractivity contribution is -0.139. The number of nitrogens with two attached hydrogens (primary N) is 1. The molecule has 0 spiro atoms. The summed E-state index contributed by atoms with van der Waals surface area (Å²) in [7, 11) is 0. The van der Waals surface area contributed by atoms with Gasteiger partial charge in [-0.3, -0.25) is 9.59 Å². The van der Waals surface area contributed by atoms with E-state index < -0.39 is 41.6 Å². The first-order valence-corrected chi connectivity index (χ1v) is 8.10. The van der Waals surface area contributed by atoms with Crippen LogP contribution in [-0.4, -0.2) is 63.6 Å². The number of aliphatic hydroxyl groups excluding tert-OH is 1. The van der Waals surface area contributed by atoms with Crippen molar-refractivity contribution in [3.05, 3.63) is 18.0 Å². The van der Waals surface area contributed by atoms with Gasteiger partial charge in [-0.2, -0.15) is 13.2 Å². The third-order valence-corrected chi connectivity index (χ3v) is 4.80. The molecule has 2 aliphatic rings. The first-order chi connectivity index (χ1) is 12.2. The average molecular weight is 373 g/mol. The van der Waals surface area contributed by atoms with Crippen LogP contribution in [0.4, 0.5) is 19.1 Å². The average Bonchev–Trinajstić information content (AvgIpc) is 2.93. The van der Waals surface area contributed by atoms with Crippen molar-refractivity contribution in [1.82, 2.24) is 14.9 Å². The summed E-state index contributed by atoms with van der Waals surface area (Å²) in [6.07, 6.45) is -3.55. The minimum Gasteiger partial charge on any atom is -0.383 e. The molecule has 3 heterocycles. The molecular weight excluding hydrogens is 355 g/mol. The molecular formula is C15H18F3N5O3. The number of amides is 2. The summed E-state index contributed by atoms with van der Waals surface area (Å²) >= 11 is 0. The molecule has 0 radical (unpaired) electrons. The zero-order valence-corrected chi connectivity index (χ0v) is 13.7. The number of aliphatic hydroxyl groups is 1. The van der Waals surface area contributed by atoms with E-state index in [1.807, 2.05) is 0 Å². The monoisotopic (exact) mass is 373 g/mol. The number of alkyl halides is 3. The van der Waals surface area contributed by atoms with Gasteiger partial charge < -0.3 is 20.6 Å². The molecule has 1 aromatic heterocycles. The van der Waals surface area contributed by atoms with Crippen LogP contribution < -0.4 is 10.6 Å². The Morgan fingerprint density at radius 3 is 2.38 bits per heavy atom. The topological polar surface area (TPSA) is 113 Å². The predicted octanol–water partition coefficient (Wildman–Crippen LogP) is -0.231. The van der Waals surface area contributed by atoms with E-state index in [1.165, 1.54) is 4.90 Å². The molecule has 11 heteroatoms. The van der Waals surface area contributed by atoms with Crippen molar-refractivity contribution in [1.29, 1.82) is 0 Å². The Balaban J connectivity index is 1.76. The van der Waals surface area contributed by atoms with E-state index in [2.05, 4.69) is 9.97 Å². The number of carbonyl (C=O) groups excluding carboxylic acids is 2. The van der Waals surface area contributed by atoms with Crippen LogP contribution in [0.1, 0.15) is 18.4 Å². The fourth-order valence-corrected chi connectivity index (χ4v) is 3.42. The van der Waals surface area contributed by atoms with Crippen LogP contribution in [0.5, 0.6) is 0 Å². The fourth-order valence-electron chi connectivity index (χ4n) is 3.42. The standard InChI is InChI=1S/C15H18F3N5O3/c16-15(17,18)8-5-20-14(21-6-8)22-3-1-10(9(7-22)12(19)25)23-4-2-11(24)13(23)26/h5-6,9-11,24H,1-4,7H2,(H2,19,25). The van der Waals surface area contributed by atoms with Gasteiger partial charge in [0.2, 0.25) is 11.9 Å². The molecule has 3 rings (SSSR count). The number of hydrogen-bond acceptors (Lipinski definition) is 6. The van der Waals surface area contributed by atoms with Crippen molar-refractivity contribution in [2.45, 2.75) is 31.2 Å². The molecule has 0 aliphatic carbocycles. The van der Waals surface area contributed by atoms with Crippen molar-refractivity contribution >= 4 is 17.8 Å². The number of rotatable bonds is 3. The maximum Gasteiger partial charge on any atom is 0.419 e. The Labute approximate surface area is 146 Å². The van der Waals surface area contributed by atoms with Gasteiger partial charge in [-0.05, 0) is 12.8 Å².